The Morgan fingerprint density at radius 3 is 2.81 bits per heavy atom. The van der Waals surface area contributed by atoms with Gasteiger partial charge in [0.25, 0.3) is 0 Å². The van der Waals surface area contributed by atoms with Gasteiger partial charge >= 0.3 is 0 Å². The first-order valence-corrected chi connectivity index (χ1v) is 6.20. The van der Waals surface area contributed by atoms with Gasteiger partial charge in [-0.3, -0.25) is 0 Å². The van der Waals surface area contributed by atoms with E-state index in [1.54, 1.807) is 6.07 Å². The second-order valence-corrected chi connectivity index (χ2v) is 4.82. The fraction of sp³-hybridized carbons (Fsp3) is 0.538. The minimum Gasteiger partial charge on any atom is -0.491 e. The standard InChI is InChI=1S/C13H17ClO2/c14-11-6-3-7-12(8-11)16-9-13(15)10-4-1-2-5-10/h3,6-8,10,13,15H,1-2,4-5,9H2. The molecule has 2 nitrogen and oxygen atoms in total. The molecule has 88 valence electrons. The Labute approximate surface area is 101 Å². The first-order valence-electron chi connectivity index (χ1n) is 5.82. The normalized spacial score (nSPS) is 18.6. The van der Waals surface area contributed by atoms with Gasteiger partial charge in [-0.15, -0.1) is 0 Å². The lowest BCUT2D eigenvalue weighted by molar-refractivity contribution is 0.0593. The third kappa shape index (κ3) is 3.13. The SMILES string of the molecule is OC(COc1cccc(Cl)c1)C1CCCC1. The van der Waals surface area contributed by atoms with Crippen LogP contribution in [0, 0.1) is 5.92 Å². The van der Waals surface area contributed by atoms with Gasteiger partial charge in [0.05, 0.1) is 6.10 Å². The molecule has 3 heteroatoms. The van der Waals surface area contributed by atoms with Crippen molar-refractivity contribution in [2.75, 3.05) is 6.61 Å². The molecular formula is C13H17ClO2. The van der Waals surface area contributed by atoms with E-state index in [9.17, 15) is 5.11 Å². The molecule has 0 saturated heterocycles. The molecule has 1 aliphatic carbocycles. The lowest BCUT2D eigenvalue weighted by Gasteiger charge is -2.18. The molecule has 0 radical (unpaired) electrons. The van der Waals surface area contributed by atoms with Crippen LogP contribution < -0.4 is 4.74 Å². The van der Waals surface area contributed by atoms with E-state index in [0.717, 1.165) is 18.6 Å². The third-order valence-corrected chi connectivity index (χ3v) is 3.40. The predicted molar refractivity (Wildman–Crippen MR) is 64.9 cm³/mol. The third-order valence-electron chi connectivity index (χ3n) is 3.16. The number of hydrogen-bond donors (Lipinski definition) is 1. The molecule has 0 aliphatic heterocycles. The maximum Gasteiger partial charge on any atom is 0.120 e. The molecule has 16 heavy (non-hydrogen) atoms. The monoisotopic (exact) mass is 240 g/mol. The minimum absolute atomic E-state index is 0.346. The van der Waals surface area contributed by atoms with Crippen molar-refractivity contribution in [1.29, 1.82) is 0 Å². The van der Waals surface area contributed by atoms with Crippen LogP contribution in [0.4, 0.5) is 0 Å². The number of aliphatic hydroxyl groups is 1. The summed E-state index contributed by atoms with van der Waals surface area (Å²) in [7, 11) is 0. The summed E-state index contributed by atoms with van der Waals surface area (Å²) < 4.78 is 5.53. The van der Waals surface area contributed by atoms with Gasteiger partial charge in [-0.05, 0) is 37.0 Å². The van der Waals surface area contributed by atoms with Gasteiger partial charge in [0.1, 0.15) is 12.4 Å². The topological polar surface area (TPSA) is 29.5 Å². The van der Waals surface area contributed by atoms with E-state index in [1.807, 2.05) is 18.2 Å². The van der Waals surface area contributed by atoms with Crippen LogP contribution in [0.1, 0.15) is 25.7 Å². The first kappa shape index (κ1) is 11.7. The Morgan fingerprint density at radius 1 is 1.38 bits per heavy atom. The molecule has 1 atom stereocenters. The van der Waals surface area contributed by atoms with E-state index in [0.29, 0.717) is 17.5 Å². The average Bonchev–Trinajstić information content (AvgIpc) is 2.79. The summed E-state index contributed by atoms with van der Waals surface area (Å²) in [5.41, 5.74) is 0. The number of benzene rings is 1. The van der Waals surface area contributed by atoms with Gasteiger partial charge in [0, 0.05) is 5.02 Å². The maximum atomic E-state index is 9.92. The Balaban J connectivity index is 1.82. The summed E-state index contributed by atoms with van der Waals surface area (Å²) >= 11 is 5.84. The van der Waals surface area contributed by atoms with Gasteiger partial charge in [0.2, 0.25) is 0 Å². The number of halogens is 1. The van der Waals surface area contributed by atoms with Crippen molar-refractivity contribution < 1.29 is 9.84 Å². The molecule has 2 rings (SSSR count). The number of rotatable bonds is 4. The summed E-state index contributed by atoms with van der Waals surface area (Å²) in [5, 5.41) is 10.6. The Kier molecular flexibility index (Phi) is 4.08. The van der Waals surface area contributed by atoms with Crippen molar-refractivity contribution in [3.8, 4) is 5.75 Å². The molecule has 1 saturated carbocycles. The highest BCUT2D eigenvalue weighted by Crippen LogP contribution is 2.28. The van der Waals surface area contributed by atoms with Crippen LogP contribution in [0.15, 0.2) is 24.3 Å². The van der Waals surface area contributed by atoms with Crippen molar-refractivity contribution in [3.63, 3.8) is 0 Å². The van der Waals surface area contributed by atoms with E-state index in [1.165, 1.54) is 12.8 Å². The summed E-state index contributed by atoms with van der Waals surface area (Å²) in [6.07, 6.45) is 4.37. The molecule has 0 heterocycles. The molecule has 1 N–H and O–H groups in total. The maximum absolute atomic E-state index is 9.92. The number of hydrogen-bond acceptors (Lipinski definition) is 2. The molecule has 1 aromatic rings. The molecule has 0 spiro atoms. The van der Waals surface area contributed by atoms with E-state index in [2.05, 4.69) is 0 Å². The second kappa shape index (κ2) is 5.55. The summed E-state index contributed by atoms with van der Waals surface area (Å²) in [6.45, 7) is 0.366. The fourth-order valence-corrected chi connectivity index (χ4v) is 2.40. The Hall–Kier alpha value is -0.730. The first-order chi connectivity index (χ1) is 7.75. The zero-order valence-corrected chi connectivity index (χ0v) is 9.99. The van der Waals surface area contributed by atoms with Crippen LogP contribution in [-0.2, 0) is 0 Å². The lowest BCUT2D eigenvalue weighted by Crippen LogP contribution is -2.25. The highest BCUT2D eigenvalue weighted by Gasteiger charge is 2.23. The lowest BCUT2D eigenvalue weighted by atomic mass is 10.0. The number of aliphatic hydroxyl groups excluding tert-OH is 1. The zero-order chi connectivity index (χ0) is 11.4. The van der Waals surface area contributed by atoms with Crippen LogP contribution >= 0.6 is 11.6 Å². The van der Waals surface area contributed by atoms with Crippen molar-refractivity contribution in [2.45, 2.75) is 31.8 Å². The smallest absolute Gasteiger partial charge is 0.120 e. The van der Waals surface area contributed by atoms with Crippen LogP contribution in [0.25, 0.3) is 0 Å². The summed E-state index contributed by atoms with van der Waals surface area (Å²) in [6, 6.07) is 7.28. The highest BCUT2D eigenvalue weighted by molar-refractivity contribution is 6.30. The van der Waals surface area contributed by atoms with Crippen molar-refractivity contribution in [1.82, 2.24) is 0 Å². The molecule has 1 aliphatic rings. The molecular weight excluding hydrogens is 224 g/mol. The molecule has 1 aromatic carbocycles. The van der Waals surface area contributed by atoms with E-state index in [-0.39, 0.29) is 6.10 Å². The average molecular weight is 241 g/mol. The van der Waals surface area contributed by atoms with Crippen molar-refractivity contribution in [2.24, 2.45) is 5.92 Å². The Morgan fingerprint density at radius 2 is 2.12 bits per heavy atom. The molecule has 0 amide bonds. The molecule has 1 unspecified atom stereocenters. The molecule has 0 bridgehead atoms. The quantitative estimate of drug-likeness (QED) is 0.875. The fourth-order valence-electron chi connectivity index (χ4n) is 2.22. The van der Waals surface area contributed by atoms with Crippen LogP contribution in [0.5, 0.6) is 5.75 Å². The van der Waals surface area contributed by atoms with Gasteiger partial charge in [-0.25, -0.2) is 0 Å². The van der Waals surface area contributed by atoms with Gasteiger partial charge in [-0.1, -0.05) is 30.5 Å². The largest absolute Gasteiger partial charge is 0.491 e. The van der Waals surface area contributed by atoms with Gasteiger partial charge < -0.3 is 9.84 Å². The van der Waals surface area contributed by atoms with Crippen molar-refractivity contribution >= 4 is 11.6 Å². The van der Waals surface area contributed by atoms with Gasteiger partial charge in [0.15, 0.2) is 0 Å². The predicted octanol–water partition coefficient (Wildman–Crippen LogP) is 3.27. The van der Waals surface area contributed by atoms with E-state index >= 15 is 0 Å². The van der Waals surface area contributed by atoms with Crippen LogP contribution in [0.2, 0.25) is 5.02 Å². The van der Waals surface area contributed by atoms with E-state index < -0.39 is 0 Å². The molecule has 1 fully saturated rings. The number of ether oxygens (including phenoxy) is 1. The van der Waals surface area contributed by atoms with Crippen molar-refractivity contribution in [3.05, 3.63) is 29.3 Å². The van der Waals surface area contributed by atoms with Gasteiger partial charge in [-0.2, -0.15) is 0 Å². The van der Waals surface area contributed by atoms with E-state index in [4.69, 9.17) is 16.3 Å². The second-order valence-electron chi connectivity index (χ2n) is 4.38. The zero-order valence-electron chi connectivity index (χ0n) is 9.23. The highest BCUT2D eigenvalue weighted by atomic mass is 35.5. The Bertz CT molecular complexity index is 334. The van der Waals surface area contributed by atoms with Crippen LogP contribution in [0.3, 0.4) is 0 Å². The van der Waals surface area contributed by atoms with Crippen LogP contribution in [-0.4, -0.2) is 17.8 Å². The summed E-state index contributed by atoms with van der Waals surface area (Å²) in [4.78, 5) is 0. The molecule has 0 aromatic heterocycles. The summed E-state index contributed by atoms with van der Waals surface area (Å²) in [5.74, 6) is 1.14. The minimum atomic E-state index is -0.346.